The number of fused-ring (bicyclic) bond motifs is 1. The van der Waals surface area contributed by atoms with Gasteiger partial charge < -0.3 is 14.5 Å². The maximum absolute atomic E-state index is 12.4. The quantitative estimate of drug-likeness (QED) is 0.335. The molecule has 8 heteroatoms. The predicted octanol–water partition coefficient (Wildman–Crippen LogP) is 5.39. The number of aromatic amines is 1. The van der Waals surface area contributed by atoms with E-state index in [-0.39, 0.29) is 11.3 Å². The van der Waals surface area contributed by atoms with Crippen LogP contribution < -0.4 is 9.64 Å². The van der Waals surface area contributed by atoms with Gasteiger partial charge in [-0.1, -0.05) is 18.7 Å². The third-order valence-corrected chi connectivity index (χ3v) is 8.34. The van der Waals surface area contributed by atoms with Crippen LogP contribution in [0.5, 0.6) is 5.75 Å². The number of nitrogens with zero attached hydrogens (tertiary/aromatic N) is 5. The van der Waals surface area contributed by atoms with Crippen LogP contribution in [0.15, 0.2) is 67.5 Å². The third-order valence-electron chi connectivity index (χ3n) is 8.34. The fourth-order valence-corrected chi connectivity index (χ4v) is 6.37. The van der Waals surface area contributed by atoms with Gasteiger partial charge in [0, 0.05) is 54.8 Å². The summed E-state index contributed by atoms with van der Waals surface area (Å²) in [6, 6.07) is 16.3. The summed E-state index contributed by atoms with van der Waals surface area (Å²) < 4.78 is 6.31. The van der Waals surface area contributed by atoms with E-state index in [1.54, 1.807) is 6.20 Å². The normalized spacial score (nSPS) is 18.7. The fourth-order valence-electron chi connectivity index (χ4n) is 6.37. The van der Waals surface area contributed by atoms with Gasteiger partial charge in [0.05, 0.1) is 28.7 Å². The number of aryl methyl sites for hydroxylation is 1. The first kappa shape index (κ1) is 25.6. The molecular formula is C32H32N6O2. The molecular weight excluding hydrogens is 500 g/mol. The largest absolute Gasteiger partial charge is 0.487 e. The van der Waals surface area contributed by atoms with E-state index in [0.717, 1.165) is 77.9 Å². The summed E-state index contributed by atoms with van der Waals surface area (Å²) in [5, 5.41) is 18.9. The van der Waals surface area contributed by atoms with Crippen molar-refractivity contribution in [3.8, 4) is 22.9 Å². The average Bonchev–Trinajstić information content (AvgIpc) is 3.63. The zero-order chi connectivity index (χ0) is 27.7. The number of pyridine rings is 1. The molecule has 202 valence electrons. The van der Waals surface area contributed by atoms with Crippen LogP contribution in [0.25, 0.3) is 22.0 Å². The number of carbonyl (C=O) groups excluding carboxylic acids is 1. The number of carbonyl (C=O) groups is 1. The van der Waals surface area contributed by atoms with Crippen LogP contribution in [0.4, 0.5) is 5.69 Å². The molecule has 2 fully saturated rings. The minimum absolute atomic E-state index is 0.00484. The van der Waals surface area contributed by atoms with Crippen molar-refractivity contribution in [1.82, 2.24) is 20.1 Å². The number of anilines is 1. The number of nitrogens with one attached hydrogen (secondary N) is 1. The van der Waals surface area contributed by atoms with E-state index in [1.165, 1.54) is 6.08 Å². The molecule has 2 aliphatic rings. The van der Waals surface area contributed by atoms with Gasteiger partial charge in [-0.05, 0) is 67.7 Å². The molecule has 2 aromatic carbocycles. The van der Waals surface area contributed by atoms with E-state index in [2.05, 4.69) is 45.7 Å². The monoisotopic (exact) mass is 532 g/mol. The molecule has 1 atom stereocenters. The van der Waals surface area contributed by atoms with E-state index in [1.807, 2.05) is 47.5 Å². The number of amides is 1. The molecule has 0 bridgehead atoms. The second-order valence-corrected chi connectivity index (χ2v) is 10.9. The van der Waals surface area contributed by atoms with E-state index < -0.39 is 0 Å². The lowest BCUT2D eigenvalue weighted by atomic mass is 9.78. The molecule has 1 N–H and O–H groups in total. The molecule has 0 radical (unpaired) electrons. The Kier molecular flexibility index (Phi) is 6.72. The second kappa shape index (κ2) is 10.5. The Bertz CT molecular complexity index is 1620. The van der Waals surface area contributed by atoms with Crippen molar-refractivity contribution in [1.29, 1.82) is 5.26 Å². The molecule has 1 spiro atoms. The highest BCUT2D eigenvalue weighted by molar-refractivity contribution is 5.99. The van der Waals surface area contributed by atoms with Gasteiger partial charge in [-0.2, -0.15) is 10.4 Å². The van der Waals surface area contributed by atoms with Crippen molar-refractivity contribution in [2.45, 2.75) is 32.8 Å². The Balaban J connectivity index is 1.44. The summed E-state index contributed by atoms with van der Waals surface area (Å²) in [5.74, 6) is 0.673. The average molecular weight is 533 g/mol. The fraction of sp³-hybridized carbons (Fsp3) is 0.312. The molecule has 8 nitrogen and oxygen atoms in total. The van der Waals surface area contributed by atoms with Gasteiger partial charge in [0.15, 0.2) is 0 Å². The number of hydrogen-bond acceptors (Lipinski definition) is 6. The number of aromatic nitrogens is 3. The summed E-state index contributed by atoms with van der Waals surface area (Å²) in [6.45, 7) is 9.13. The summed E-state index contributed by atoms with van der Waals surface area (Å²) in [4.78, 5) is 21.0. The van der Waals surface area contributed by atoms with Crippen LogP contribution >= 0.6 is 0 Å². The molecule has 0 saturated carbocycles. The number of ether oxygens (including phenoxy) is 1. The first-order valence-corrected chi connectivity index (χ1v) is 13.7. The maximum atomic E-state index is 12.4. The van der Waals surface area contributed by atoms with Crippen LogP contribution in [-0.2, 0) is 11.4 Å². The van der Waals surface area contributed by atoms with Gasteiger partial charge in [0.1, 0.15) is 18.4 Å². The molecule has 4 aromatic rings. The Morgan fingerprint density at radius 1 is 1.23 bits per heavy atom. The van der Waals surface area contributed by atoms with Crippen molar-refractivity contribution in [3.05, 3.63) is 84.3 Å². The summed E-state index contributed by atoms with van der Waals surface area (Å²) in [5.41, 5.74) is 6.09. The zero-order valence-corrected chi connectivity index (χ0v) is 22.7. The lowest BCUT2D eigenvalue weighted by molar-refractivity contribution is -0.125. The zero-order valence-electron chi connectivity index (χ0n) is 22.7. The molecule has 40 heavy (non-hydrogen) atoms. The van der Waals surface area contributed by atoms with Crippen LogP contribution in [0.3, 0.4) is 0 Å². The standard InChI is InChI=1S/C32H32N6O2/c1-3-30(39)38-14-11-32(21-38)10-6-13-37(20-32)29-16-24(40-19-23-7-4-5-12-34-23)15-25(26(29)17-33)31-22(2)8-9-28-27(31)18-35-36-28/h3-5,7-9,12,15-16,18H,1,6,10-11,13-14,19-21H2,2H3,(H,35,36). The first-order chi connectivity index (χ1) is 19.5. The topological polar surface area (TPSA) is 98.1 Å². The van der Waals surface area contributed by atoms with Crippen LogP contribution in [0.1, 0.15) is 36.1 Å². The molecule has 1 unspecified atom stereocenters. The minimum atomic E-state index is -0.0115. The number of piperidine rings is 1. The second-order valence-electron chi connectivity index (χ2n) is 10.9. The van der Waals surface area contributed by atoms with Gasteiger partial charge in [-0.15, -0.1) is 0 Å². The van der Waals surface area contributed by atoms with Crippen molar-refractivity contribution < 1.29 is 9.53 Å². The highest BCUT2D eigenvalue weighted by Gasteiger charge is 2.43. The molecule has 2 aromatic heterocycles. The van der Waals surface area contributed by atoms with Crippen molar-refractivity contribution in [2.75, 3.05) is 31.1 Å². The smallest absolute Gasteiger partial charge is 0.245 e. The molecule has 2 aliphatic heterocycles. The Morgan fingerprint density at radius 2 is 2.12 bits per heavy atom. The Hall–Kier alpha value is -4.64. The van der Waals surface area contributed by atoms with E-state index in [9.17, 15) is 10.1 Å². The van der Waals surface area contributed by atoms with Crippen LogP contribution in [0, 0.1) is 23.7 Å². The molecule has 2 saturated heterocycles. The highest BCUT2D eigenvalue weighted by Crippen LogP contribution is 2.44. The van der Waals surface area contributed by atoms with Crippen molar-refractivity contribution in [2.24, 2.45) is 5.41 Å². The number of H-pyrrole nitrogens is 1. The lowest BCUT2D eigenvalue weighted by Gasteiger charge is -2.42. The highest BCUT2D eigenvalue weighted by atomic mass is 16.5. The van der Waals surface area contributed by atoms with Crippen LogP contribution in [0.2, 0.25) is 0 Å². The summed E-state index contributed by atoms with van der Waals surface area (Å²) in [6.07, 6.45) is 7.97. The summed E-state index contributed by atoms with van der Waals surface area (Å²) in [7, 11) is 0. The van der Waals surface area contributed by atoms with Crippen molar-refractivity contribution >= 4 is 22.5 Å². The number of nitriles is 1. The van der Waals surface area contributed by atoms with Gasteiger partial charge >= 0.3 is 0 Å². The molecule has 1 amide bonds. The van der Waals surface area contributed by atoms with Gasteiger partial charge in [0.25, 0.3) is 0 Å². The molecule has 6 rings (SSSR count). The number of likely N-dealkylation sites (tertiary alicyclic amines) is 1. The van der Waals surface area contributed by atoms with Gasteiger partial charge in [0.2, 0.25) is 5.91 Å². The van der Waals surface area contributed by atoms with Gasteiger partial charge in [-0.3, -0.25) is 14.9 Å². The van der Waals surface area contributed by atoms with E-state index in [0.29, 0.717) is 24.5 Å². The van der Waals surface area contributed by atoms with E-state index in [4.69, 9.17) is 4.74 Å². The number of hydrogen-bond donors (Lipinski definition) is 1. The minimum Gasteiger partial charge on any atom is -0.487 e. The number of benzene rings is 2. The maximum Gasteiger partial charge on any atom is 0.245 e. The predicted molar refractivity (Wildman–Crippen MR) is 155 cm³/mol. The first-order valence-electron chi connectivity index (χ1n) is 13.7. The number of rotatable bonds is 6. The Morgan fingerprint density at radius 3 is 2.92 bits per heavy atom. The van der Waals surface area contributed by atoms with Crippen LogP contribution in [-0.4, -0.2) is 52.2 Å². The van der Waals surface area contributed by atoms with E-state index >= 15 is 0 Å². The lowest BCUT2D eigenvalue weighted by Crippen LogP contribution is -2.45. The summed E-state index contributed by atoms with van der Waals surface area (Å²) >= 11 is 0. The van der Waals surface area contributed by atoms with Gasteiger partial charge in [-0.25, -0.2) is 0 Å². The molecule has 4 heterocycles. The Labute approximate surface area is 233 Å². The SMILES string of the molecule is C=CC(=O)N1CCC2(CCCN(c3cc(OCc4ccccn4)cc(-c4c(C)ccc5[nH]ncc45)c3C#N)C2)C1. The third kappa shape index (κ3) is 4.68. The van der Waals surface area contributed by atoms with Crippen molar-refractivity contribution in [3.63, 3.8) is 0 Å². The molecule has 0 aliphatic carbocycles.